The van der Waals surface area contributed by atoms with Gasteiger partial charge in [-0.15, -0.1) is 0 Å². The van der Waals surface area contributed by atoms with Gasteiger partial charge < -0.3 is 33.9 Å². The van der Waals surface area contributed by atoms with Gasteiger partial charge in [-0.25, -0.2) is 9.97 Å². The molecule has 0 saturated heterocycles. The summed E-state index contributed by atoms with van der Waals surface area (Å²) in [6, 6.07) is 19.1. The maximum atomic E-state index is 12.6. The van der Waals surface area contributed by atoms with Crippen LogP contribution in [0.15, 0.2) is 70.3 Å². The van der Waals surface area contributed by atoms with Crippen LogP contribution < -0.4 is 39.9 Å². The van der Waals surface area contributed by atoms with Crippen molar-refractivity contribution in [3.63, 3.8) is 0 Å². The maximum Gasteiger partial charge on any atom is 0.260 e. The van der Waals surface area contributed by atoms with Gasteiger partial charge >= 0.3 is 0 Å². The summed E-state index contributed by atoms with van der Waals surface area (Å²) in [6.45, 7) is 2.91. The second-order valence-electron chi connectivity index (χ2n) is 13.0. The number of fused-ring (bicyclic) bond motifs is 4. The topological polar surface area (TPSA) is 155 Å². The third kappa shape index (κ3) is 7.06. The number of aliphatic hydroxyl groups excluding tert-OH is 1. The minimum atomic E-state index is -0.217. The van der Waals surface area contributed by atoms with Gasteiger partial charge in [-0.3, -0.25) is 19.6 Å². The van der Waals surface area contributed by atoms with Crippen LogP contribution in [0.3, 0.4) is 0 Å². The molecule has 0 radical (unpaired) electrons. The van der Waals surface area contributed by atoms with Gasteiger partial charge in [0.2, 0.25) is 11.9 Å². The van der Waals surface area contributed by atoms with Crippen LogP contribution in [0.1, 0.15) is 33.4 Å². The summed E-state index contributed by atoms with van der Waals surface area (Å²) in [5.74, 6) is 3.20. The number of nitrogens with zero attached hydrogens (tertiary/aromatic N) is 4. The Morgan fingerprint density at radius 3 is 1.52 bits per heavy atom. The average molecular weight is 798 g/mol. The Kier molecular flexibility index (Phi) is 10.7. The maximum absolute atomic E-state index is 12.6. The molecule has 6 aromatic rings. The number of aromatic amines is 2. The molecule has 280 valence electrons. The first-order valence-corrected chi connectivity index (χ1v) is 18.6. The van der Waals surface area contributed by atoms with Crippen LogP contribution >= 0.6 is 15.9 Å². The Balaban J connectivity index is 0.000000167. The number of methoxy groups -OCH3 is 4. The number of nitrogens with one attached hydrogen (secondary N) is 2. The van der Waals surface area contributed by atoms with Gasteiger partial charge in [-0.1, -0.05) is 52.3 Å². The molecule has 13 nitrogen and oxygen atoms in total. The number of hydrogen-bond acceptors (Lipinski definition) is 11. The van der Waals surface area contributed by atoms with Crippen LogP contribution in [0.2, 0.25) is 0 Å². The fourth-order valence-electron chi connectivity index (χ4n) is 7.22. The van der Waals surface area contributed by atoms with Crippen molar-refractivity contribution < 1.29 is 24.1 Å². The highest BCUT2D eigenvalue weighted by molar-refractivity contribution is 9.08. The second-order valence-corrected chi connectivity index (χ2v) is 13.5. The number of halogens is 1. The van der Waals surface area contributed by atoms with E-state index in [-0.39, 0.29) is 17.7 Å². The Morgan fingerprint density at radius 1 is 0.667 bits per heavy atom. The number of rotatable bonds is 8. The molecular formula is C40H41BrN6O7. The smallest absolute Gasteiger partial charge is 0.260 e. The number of ether oxygens (including phenoxy) is 4. The lowest BCUT2D eigenvalue weighted by Crippen LogP contribution is -2.33. The third-order valence-corrected chi connectivity index (χ3v) is 10.6. The van der Waals surface area contributed by atoms with Crippen molar-refractivity contribution in [3.8, 4) is 23.0 Å². The molecule has 14 heteroatoms. The van der Waals surface area contributed by atoms with E-state index in [1.807, 2.05) is 23.1 Å². The van der Waals surface area contributed by atoms with E-state index < -0.39 is 0 Å². The van der Waals surface area contributed by atoms with Crippen LogP contribution in [-0.2, 0) is 37.9 Å². The zero-order valence-electron chi connectivity index (χ0n) is 30.5. The van der Waals surface area contributed by atoms with Crippen LogP contribution in [0.5, 0.6) is 23.0 Å². The zero-order valence-corrected chi connectivity index (χ0v) is 32.1. The molecule has 54 heavy (non-hydrogen) atoms. The molecule has 0 unspecified atom stereocenters. The molecule has 4 aromatic carbocycles. The fourth-order valence-corrected chi connectivity index (χ4v) is 7.74. The van der Waals surface area contributed by atoms with Crippen LogP contribution in [0.25, 0.3) is 21.8 Å². The van der Waals surface area contributed by atoms with Crippen molar-refractivity contribution in [1.82, 2.24) is 19.9 Å². The molecule has 0 fully saturated rings. The van der Waals surface area contributed by atoms with Gasteiger partial charge in [-0.2, -0.15) is 0 Å². The molecule has 0 atom stereocenters. The molecule has 2 aliphatic heterocycles. The molecular weight excluding hydrogens is 756 g/mol. The van der Waals surface area contributed by atoms with E-state index in [1.165, 1.54) is 29.4 Å². The van der Waals surface area contributed by atoms with Crippen LogP contribution in [0, 0.1) is 0 Å². The highest BCUT2D eigenvalue weighted by Crippen LogP contribution is 2.33. The Hall–Kier alpha value is -5.60. The van der Waals surface area contributed by atoms with E-state index in [4.69, 9.17) is 18.9 Å². The van der Waals surface area contributed by atoms with Crippen molar-refractivity contribution in [2.75, 3.05) is 51.3 Å². The summed E-state index contributed by atoms with van der Waals surface area (Å²) in [5, 5.41) is 11.3. The lowest BCUT2D eigenvalue weighted by atomic mass is 9.95. The van der Waals surface area contributed by atoms with Crippen LogP contribution in [0.4, 0.5) is 11.9 Å². The van der Waals surface area contributed by atoms with E-state index in [0.717, 1.165) is 42.4 Å². The molecule has 0 aliphatic carbocycles. The summed E-state index contributed by atoms with van der Waals surface area (Å²) >= 11 is 3.56. The Labute approximate surface area is 319 Å². The summed E-state index contributed by atoms with van der Waals surface area (Å²) in [6.07, 6.45) is 1.71. The quantitative estimate of drug-likeness (QED) is 0.170. The summed E-state index contributed by atoms with van der Waals surface area (Å²) in [7, 11) is 6.20. The molecule has 2 aliphatic rings. The standard InChI is InChI=1S/C20H20BrN3O3.C20H21N3O4/c1-26-17-8-15-16(9-18(17)27-2)22-20(23-19(15)25)24-7-6-14-12(10-21)4-3-5-13(14)11-24;1-26-17-8-15-16(9-18(17)27-2)21-20(22-19(15)25)23-7-6-14-12(10-23)4-3-5-13(14)11-24/h3-5,8-9H,6-7,10-11H2,1-2H3,(H,22,23,25);3-5,8-9,24H,6-7,10-11H2,1-2H3,(H,21,22,25). The first-order chi connectivity index (χ1) is 26.3. The lowest BCUT2D eigenvalue weighted by molar-refractivity contribution is 0.280. The van der Waals surface area contributed by atoms with Gasteiger partial charge in [0.05, 0.1) is 56.9 Å². The first-order valence-electron chi connectivity index (χ1n) is 17.5. The van der Waals surface area contributed by atoms with Crippen molar-refractivity contribution in [2.24, 2.45) is 0 Å². The zero-order chi connectivity index (χ0) is 37.9. The summed E-state index contributed by atoms with van der Waals surface area (Å²) in [4.78, 5) is 44.5. The SMILES string of the molecule is COc1cc2nc(N3CCc4c(CBr)cccc4C3)[nH]c(=O)c2cc1OC.COc1cc2nc(N3CCc4c(CO)cccc4C3)[nH]c(=O)c2cc1OC. The van der Waals surface area contributed by atoms with Crippen LogP contribution in [-0.4, -0.2) is 66.6 Å². The highest BCUT2D eigenvalue weighted by atomic mass is 79.9. The number of alkyl halides is 1. The average Bonchev–Trinajstić information content (AvgIpc) is 3.21. The normalized spacial score (nSPS) is 13.5. The van der Waals surface area contributed by atoms with Gasteiger partial charge in [0.1, 0.15) is 0 Å². The Bertz CT molecular complexity index is 2300. The molecule has 0 saturated carbocycles. The predicted molar refractivity (Wildman–Crippen MR) is 212 cm³/mol. The van der Waals surface area contributed by atoms with Gasteiger partial charge in [-0.05, 0) is 58.4 Å². The molecule has 0 amide bonds. The predicted octanol–water partition coefficient (Wildman–Crippen LogP) is 5.39. The first kappa shape index (κ1) is 36.7. The van der Waals surface area contributed by atoms with Gasteiger partial charge in [0.25, 0.3) is 11.1 Å². The number of aromatic nitrogens is 4. The Morgan fingerprint density at radius 2 is 1.09 bits per heavy atom. The number of aliphatic hydroxyl groups is 1. The molecule has 0 bridgehead atoms. The van der Waals surface area contributed by atoms with E-state index in [0.29, 0.717) is 69.8 Å². The second kappa shape index (κ2) is 15.8. The van der Waals surface area contributed by atoms with Crippen molar-refractivity contribution in [1.29, 1.82) is 0 Å². The van der Waals surface area contributed by atoms with E-state index in [2.05, 4.69) is 59.0 Å². The summed E-state index contributed by atoms with van der Waals surface area (Å²) < 4.78 is 21.2. The van der Waals surface area contributed by atoms with Gasteiger partial charge in [0, 0.05) is 43.6 Å². The largest absolute Gasteiger partial charge is 0.493 e. The third-order valence-electron chi connectivity index (χ3n) is 10.0. The minimum Gasteiger partial charge on any atom is -0.493 e. The highest BCUT2D eigenvalue weighted by Gasteiger charge is 2.23. The molecule has 2 aromatic heterocycles. The summed E-state index contributed by atoms with van der Waals surface area (Å²) in [5.41, 5.74) is 8.02. The number of H-pyrrole nitrogens is 2. The number of benzene rings is 4. The van der Waals surface area contributed by atoms with Crippen molar-refractivity contribution >= 4 is 49.6 Å². The monoisotopic (exact) mass is 796 g/mol. The van der Waals surface area contributed by atoms with Crippen molar-refractivity contribution in [2.45, 2.75) is 37.9 Å². The van der Waals surface area contributed by atoms with E-state index in [1.54, 1.807) is 45.6 Å². The number of hydrogen-bond donors (Lipinski definition) is 3. The lowest BCUT2D eigenvalue weighted by Gasteiger charge is -2.30. The van der Waals surface area contributed by atoms with E-state index in [9.17, 15) is 14.7 Å². The molecule has 4 heterocycles. The van der Waals surface area contributed by atoms with Crippen molar-refractivity contribution in [3.05, 3.63) is 115 Å². The number of anilines is 2. The fraction of sp³-hybridized carbons (Fsp3) is 0.300. The molecule has 8 rings (SSSR count). The van der Waals surface area contributed by atoms with Gasteiger partial charge in [0.15, 0.2) is 23.0 Å². The van der Waals surface area contributed by atoms with E-state index >= 15 is 0 Å². The molecule has 0 spiro atoms. The minimum absolute atomic E-state index is 0.0376. The molecule has 3 N–H and O–H groups in total.